The third-order valence-corrected chi connectivity index (χ3v) is 3.81. The smallest absolute Gasteiger partial charge is 0.240 e. The third kappa shape index (κ3) is 2.25. The van der Waals surface area contributed by atoms with Gasteiger partial charge in [-0.2, -0.15) is 0 Å². The van der Waals surface area contributed by atoms with Crippen LogP contribution in [0.5, 0.6) is 0 Å². The maximum absolute atomic E-state index is 11.7. The zero-order valence-corrected chi connectivity index (χ0v) is 12.6. The van der Waals surface area contributed by atoms with Gasteiger partial charge in [-0.3, -0.25) is 19.2 Å². The Morgan fingerprint density at radius 1 is 0.900 bits per heavy atom. The summed E-state index contributed by atoms with van der Waals surface area (Å²) in [4.78, 5) is 46.1. The minimum Gasteiger partial charge on any atom is -0.393 e. The molecule has 0 rings (SSSR count). The predicted molar refractivity (Wildman–Crippen MR) is 67.9 cm³/mol. The van der Waals surface area contributed by atoms with Gasteiger partial charge in [-0.1, -0.05) is 0 Å². The maximum atomic E-state index is 11.7. The van der Waals surface area contributed by atoms with Crippen LogP contribution in [-0.4, -0.2) is 65.9 Å². The summed E-state index contributed by atoms with van der Waals surface area (Å²) < 4.78 is -1.54. The summed E-state index contributed by atoms with van der Waals surface area (Å²) in [7, 11) is 0. The molecule has 0 aromatic carbocycles. The van der Waals surface area contributed by atoms with Gasteiger partial charge in [0.05, 0.1) is 6.61 Å². The molecule has 0 aliphatic heterocycles. The van der Waals surface area contributed by atoms with Crippen molar-refractivity contribution in [2.24, 2.45) is 0 Å². The summed E-state index contributed by atoms with van der Waals surface area (Å²) >= 11 is 2.25. The Morgan fingerprint density at radius 2 is 1.30 bits per heavy atom. The fourth-order valence-corrected chi connectivity index (χ4v) is 2.43. The largest absolute Gasteiger partial charge is 0.393 e. The number of hydrogen-bond acceptors (Lipinski definition) is 8. The molecule has 0 bridgehead atoms. The van der Waals surface area contributed by atoms with Gasteiger partial charge >= 0.3 is 0 Å². The van der Waals surface area contributed by atoms with Crippen LogP contribution in [0.25, 0.3) is 0 Å². The molecule has 0 spiro atoms. The first-order valence-corrected chi connectivity index (χ1v) is 6.14. The summed E-state index contributed by atoms with van der Waals surface area (Å²) in [6, 6.07) is 0. The Morgan fingerprint density at radius 3 is 1.45 bits per heavy atom. The molecule has 114 valence electrons. The highest BCUT2D eigenvalue weighted by atomic mass is 79.9. The second-order valence-electron chi connectivity index (χ2n) is 4.38. The minimum absolute atomic E-state index is 0.646. The van der Waals surface area contributed by atoms with Gasteiger partial charge in [-0.15, -0.1) is 0 Å². The van der Waals surface area contributed by atoms with Crippen molar-refractivity contribution < 1.29 is 39.6 Å². The standard InChI is InChI=1S/C11H15BrO8/c1-5(14)9(18,4-13)11(20,7(3)16)10(19,6(2)15)8(12)17/h13,18-20H,4H2,1-3H3/t9-,10+,11-/m0/s1. The van der Waals surface area contributed by atoms with Crippen LogP contribution in [0.2, 0.25) is 0 Å². The summed E-state index contributed by atoms with van der Waals surface area (Å²) in [6.45, 7) is 0.538. The van der Waals surface area contributed by atoms with Crippen molar-refractivity contribution in [1.29, 1.82) is 0 Å². The summed E-state index contributed by atoms with van der Waals surface area (Å²) in [5.41, 5.74) is -10.2. The molecule has 0 radical (unpaired) electrons. The van der Waals surface area contributed by atoms with E-state index in [9.17, 15) is 34.5 Å². The van der Waals surface area contributed by atoms with Gasteiger partial charge in [-0.05, 0) is 36.7 Å². The first-order chi connectivity index (χ1) is 8.83. The van der Waals surface area contributed by atoms with Crippen molar-refractivity contribution in [1.82, 2.24) is 0 Å². The molecular formula is C11H15BrO8. The molecule has 8 nitrogen and oxygen atoms in total. The van der Waals surface area contributed by atoms with Crippen molar-refractivity contribution in [3.63, 3.8) is 0 Å². The van der Waals surface area contributed by atoms with Crippen molar-refractivity contribution in [3.05, 3.63) is 0 Å². The number of hydrogen-bond donors (Lipinski definition) is 4. The van der Waals surface area contributed by atoms with Crippen LogP contribution in [0.3, 0.4) is 0 Å². The van der Waals surface area contributed by atoms with Crippen molar-refractivity contribution in [3.8, 4) is 0 Å². The lowest BCUT2D eigenvalue weighted by Crippen LogP contribution is -2.78. The molecular weight excluding hydrogens is 340 g/mol. The third-order valence-electron chi connectivity index (χ3n) is 3.24. The van der Waals surface area contributed by atoms with Gasteiger partial charge < -0.3 is 20.4 Å². The Bertz CT molecular complexity index is 459. The van der Waals surface area contributed by atoms with Crippen LogP contribution >= 0.6 is 15.9 Å². The summed E-state index contributed by atoms with van der Waals surface area (Å²) in [6.07, 6.45) is 0. The molecule has 0 aliphatic rings. The van der Waals surface area contributed by atoms with Gasteiger partial charge in [-0.25, -0.2) is 0 Å². The zero-order valence-electron chi connectivity index (χ0n) is 11.0. The molecule has 0 saturated heterocycles. The lowest BCUT2D eigenvalue weighted by atomic mass is 9.66. The highest BCUT2D eigenvalue weighted by Crippen LogP contribution is 2.38. The van der Waals surface area contributed by atoms with Crippen LogP contribution in [0.4, 0.5) is 0 Å². The number of Topliss-reactive ketones (excluding diaryl/α,β-unsaturated/α-hetero) is 3. The lowest BCUT2D eigenvalue weighted by molar-refractivity contribution is -0.229. The van der Waals surface area contributed by atoms with Crippen molar-refractivity contribution >= 4 is 38.0 Å². The number of carbonyl (C=O) groups excluding carboxylic acids is 4. The van der Waals surface area contributed by atoms with E-state index in [0.717, 1.165) is 0 Å². The highest BCUT2D eigenvalue weighted by Gasteiger charge is 2.71. The van der Waals surface area contributed by atoms with Crippen LogP contribution in [0.15, 0.2) is 0 Å². The van der Waals surface area contributed by atoms with E-state index in [4.69, 9.17) is 5.11 Å². The Kier molecular flexibility index (Phi) is 5.49. The maximum Gasteiger partial charge on any atom is 0.240 e. The number of aliphatic hydroxyl groups excluding tert-OH is 1. The van der Waals surface area contributed by atoms with E-state index < -0.39 is 45.5 Å². The van der Waals surface area contributed by atoms with Crippen molar-refractivity contribution in [2.45, 2.75) is 37.6 Å². The molecule has 4 N–H and O–H groups in total. The zero-order chi connectivity index (χ0) is 16.5. The number of ketones is 3. The second kappa shape index (κ2) is 5.78. The molecule has 0 aliphatic carbocycles. The molecule has 20 heavy (non-hydrogen) atoms. The monoisotopic (exact) mass is 354 g/mol. The van der Waals surface area contributed by atoms with E-state index in [0.29, 0.717) is 20.8 Å². The normalized spacial score (nSPS) is 20.2. The molecule has 0 aromatic heterocycles. The van der Waals surface area contributed by atoms with Gasteiger partial charge in [0, 0.05) is 0 Å². The van der Waals surface area contributed by atoms with E-state index in [1.165, 1.54) is 0 Å². The molecule has 3 atom stereocenters. The quantitative estimate of drug-likeness (QED) is 0.299. The average molecular weight is 355 g/mol. The summed E-state index contributed by atoms with van der Waals surface area (Å²) in [5, 5.41) is 39.7. The number of aliphatic hydroxyl groups is 4. The topological polar surface area (TPSA) is 149 Å². The van der Waals surface area contributed by atoms with Gasteiger partial charge in [0.15, 0.2) is 23.0 Å². The molecule has 9 heteroatoms. The van der Waals surface area contributed by atoms with E-state index in [1.807, 2.05) is 0 Å². The van der Waals surface area contributed by atoms with E-state index in [2.05, 4.69) is 15.9 Å². The van der Waals surface area contributed by atoms with Crippen molar-refractivity contribution in [2.75, 3.05) is 6.61 Å². The highest BCUT2D eigenvalue weighted by molar-refractivity contribution is 9.18. The number of rotatable bonds is 7. The van der Waals surface area contributed by atoms with Crippen LogP contribution < -0.4 is 0 Å². The first-order valence-electron chi connectivity index (χ1n) is 5.35. The first kappa shape index (κ1) is 19.0. The van der Waals surface area contributed by atoms with E-state index in [-0.39, 0.29) is 0 Å². The average Bonchev–Trinajstić information content (AvgIpc) is 2.34. The molecule has 0 heterocycles. The van der Waals surface area contributed by atoms with Gasteiger partial charge in [0.2, 0.25) is 15.9 Å². The van der Waals surface area contributed by atoms with E-state index in [1.54, 1.807) is 0 Å². The van der Waals surface area contributed by atoms with Crippen LogP contribution in [0, 0.1) is 0 Å². The Hall–Kier alpha value is -1.00. The summed E-state index contributed by atoms with van der Waals surface area (Å²) in [5.74, 6) is -4.16. The minimum atomic E-state index is -3.55. The fourth-order valence-electron chi connectivity index (χ4n) is 1.86. The molecule has 0 saturated carbocycles. The Balaban J connectivity index is 6.66. The molecule has 0 unspecified atom stereocenters. The van der Waals surface area contributed by atoms with Gasteiger partial charge in [0.25, 0.3) is 0 Å². The lowest BCUT2D eigenvalue weighted by Gasteiger charge is -2.45. The van der Waals surface area contributed by atoms with E-state index >= 15 is 0 Å². The van der Waals surface area contributed by atoms with Crippen LogP contribution in [-0.2, 0) is 19.2 Å². The predicted octanol–water partition coefficient (Wildman–Crippen LogP) is -2.14. The van der Waals surface area contributed by atoms with Gasteiger partial charge in [0.1, 0.15) is 0 Å². The second-order valence-corrected chi connectivity index (χ2v) is 5.10. The molecule has 0 aromatic rings. The SMILES string of the molecule is CC(=O)[C@@](O)(C(=O)Br)[C@](O)(C(C)=O)[C@](O)(CO)C(C)=O. The van der Waals surface area contributed by atoms with Crippen LogP contribution in [0.1, 0.15) is 20.8 Å². The number of carbonyl (C=O) groups is 4. The molecule has 0 amide bonds. The molecule has 0 fully saturated rings. The number of halogens is 1. The fraction of sp³-hybridized carbons (Fsp3) is 0.636. The Labute approximate surface area is 122 Å².